The summed E-state index contributed by atoms with van der Waals surface area (Å²) < 4.78 is 32.2. The smallest absolute Gasteiger partial charge is 0.263 e. The topological polar surface area (TPSA) is 139 Å². The first-order valence-electron chi connectivity index (χ1n) is 9.07. The van der Waals surface area contributed by atoms with Crippen molar-refractivity contribution >= 4 is 33.6 Å². The molecule has 2 atom stereocenters. The lowest BCUT2D eigenvalue weighted by molar-refractivity contribution is -0.134. The Kier molecular flexibility index (Phi) is 7.76. The zero-order chi connectivity index (χ0) is 22.5. The van der Waals surface area contributed by atoms with Crippen molar-refractivity contribution in [2.45, 2.75) is 48.1 Å². The normalized spacial score (nSPS) is 21.2. The van der Waals surface area contributed by atoms with Crippen molar-refractivity contribution < 1.29 is 28.0 Å². The highest BCUT2D eigenvalue weighted by Gasteiger charge is 2.51. The molecule has 11 heteroatoms. The molecule has 2 unspecified atom stereocenters. The second-order valence-corrected chi connectivity index (χ2v) is 11.0. The van der Waals surface area contributed by atoms with E-state index >= 15 is 0 Å². The summed E-state index contributed by atoms with van der Waals surface area (Å²) in [5.41, 5.74) is 6.86. The number of sulfonamides is 1. The fraction of sp³-hybridized carbons (Fsp3) is 0.474. The van der Waals surface area contributed by atoms with E-state index < -0.39 is 37.9 Å². The van der Waals surface area contributed by atoms with Gasteiger partial charge in [-0.2, -0.15) is 4.31 Å². The number of hydrogen-bond donors (Lipinski definition) is 3. The molecule has 1 aromatic carbocycles. The summed E-state index contributed by atoms with van der Waals surface area (Å²) >= 11 is 1.29. The maximum absolute atomic E-state index is 13.4. The number of ether oxygens (including phenoxy) is 1. The number of carbonyl (C=O) groups is 2. The Morgan fingerprint density at radius 2 is 2.00 bits per heavy atom. The number of nitrogens with one attached hydrogen (secondary N) is 1. The second kappa shape index (κ2) is 9.70. The van der Waals surface area contributed by atoms with Gasteiger partial charge in [0.15, 0.2) is 0 Å². The summed E-state index contributed by atoms with van der Waals surface area (Å²) in [6.07, 6.45) is -0.0428. The van der Waals surface area contributed by atoms with Gasteiger partial charge in [-0.05, 0) is 45.0 Å². The van der Waals surface area contributed by atoms with Crippen molar-refractivity contribution in [3.63, 3.8) is 0 Å². The number of primary amides is 1. The molecule has 2 rings (SSSR count). The fourth-order valence-corrected chi connectivity index (χ4v) is 6.92. The van der Waals surface area contributed by atoms with Crippen LogP contribution < -0.4 is 16.0 Å². The maximum atomic E-state index is 13.4. The zero-order valence-electron chi connectivity index (χ0n) is 16.9. The summed E-state index contributed by atoms with van der Waals surface area (Å²) in [5, 5.41) is 8.75. The number of hydroxylamine groups is 1. The largest absolute Gasteiger partial charge is 0.481 e. The van der Waals surface area contributed by atoms with Gasteiger partial charge in [0.25, 0.3) is 5.91 Å². The average Bonchev–Trinajstić information content (AvgIpc) is 2.66. The van der Waals surface area contributed by atoms with E-state index in [1.807, 2.05) is 0 Å². The van der Waals surface area contributed by atoms with Crippen molar-refractivity contribution in [1.82, 2.24) is 9.79 Å². The van der Waals surface area contributed by atoms with Gasteiger partial charge in [0.05, 0.1) is 4.90 Å². The number of benzene rings is 1. The molecular formula is C19H25N3O6S2. The zero-order valence-corrected chi connectivity index (χ0v) is 18.5. The molecular weight excluding hydrogens is 430 g/mol. The number of rotatable bonds is 7. The summed E-state index contributed by atoms with van der Waals surface area (Å²) in [6, 6.07) is 4.54. The van der Waals surface area contributed by atoms with Gasteiger partial charge < -0.3 is 10.5 Å². The van der Waals surface area contributed by atoms with E-state index in [-0.39, 0.29) is 24.5 Å². The van der Waals surface area contributed by atoms with Crippen molar-refractivity contribution in [3.05, 3.63) is 24.3 Å². The highest BCUT2D eigenvalue weighted by atomic mass is 32.2. The maximum Gasteiger partial charge on any atom is 0.263 e. The Bertz CT molecular complexity index is 951. The Morgan fingerprint density at radius 3 is 2.53 bits per heavy atom. The van der Waals surface area contributed by atoms with Gasteiger partial charge in [-0.25, -0.2) is 13.9 Å². The van der Waals surface area contributed by atoms with E-state index in [0.29, 0.717) is 5.75 Å². The molecule has 0 aliphatic carbocycles. The lowest BCUT2D eigenvalue weighted by Gasteiger charge is -2.46. The third kappa shape index (κ3) is 5.46. The first-order valence-corrected chi connectivity index (χ1v) is 11.4. The lowest BCUT2D eigenvalue weighted by atomic mass is 10.0. The third-order valence-electron chi connectivity index (χ3n) is 4.51. The van der Waals surface area contributed by atoms with Crippen LogP contribution in [0.2, 0.25) is 0 Å². The molecule has 0 radical (unpaired) electrons. The quantitative estimate of drug-likeness (QED) is 0.313. The first-order chi connectivity index (χ1) is 14.0. The van der Waals surface area contributed by atoms with Crippen LogP contribution in [0.3, 0.4) is 0 Å². The Balaban J connectivity index is 2.41. The van der Waals surface area contributed by atoms with Crippen LogP contribution in [-0.4, -0.2) is 58.9 Å². The fourth-order valence-electron chi connectivity index (χ4n) is 3.29. The van der Waals surface area contributed by atoms with Gasteiger partial charge in [0.2, 0.25) is 15.9 Å². The summed E-state index contributed by atoms with van der Waals surface area (Å²) in [7, 11) is -4.14. The van der Waals surface area contributed by atoms with Crippen LogP contribution >= 0.6 is 11.8 Å². The van der Waals surface area contributed by atoms with Crippen LogP contribution in [0.4, 0.5) is 0 Å². The minimum Gasteiger partial charge on any atom is -0.481 e. The number of thioether (sulfide) groups is 1. The van der Waals surface area contributed by atoms with E-state index in [4.69, 9.17) is 10.5 Å². The van der Waals surface area contributed by atoms with Crippen LogP contribution in [0.5, 0.6) is 5.75 Å². The number of hydrogen-bond acceptors (Lipinski definition) is 7. The van der Waals surface area contributed by atoms with Gasteiger partial charge in [0, 0.05) is 23.0 Å². The molecule has 1 fully saturated rings. The molecule has 0 saturated carbocycles. The molecule has 1 heterocycles. The van der Waals surface area contributed by atoms with Crippen LogP contribution in [-0.2, 0) is 19.6 Å². The number of nitrogens with zero attached hydrogens (tertiary/aromatic N) is 1. The number of amides is 2. The first kappa shape index (κ1) is 24.0. The minimum absolute atomic E-state index is 0.0428. The Hall–Kier alpha value is -2.26. The molecule has 1 saturated heterocycles. The summed E-state index contributed by atoms with van der Waals surface area (Å²) in [4.78, 5) is 23.8. The molecule has 0 spiro atoms. The van der Waals surface area contributed by atoms with Crippen LogP contribution in [0, 0.1) is 11.8 Å². The molecule has 1 aliphatic rings. The summed E-state index contributed by atoms with van der Waals surface area (Å²) in [5.74, 6) is 4.46. The molecule has 4 N–H and O–H groups in total. The van der Waals surface area contributed by atoms with Gasteiger partial charge in [-0.3, -0.25) is 14.8 Å². The van der Waals surface area contributed by atoms with E-state index in [1.54, 1.807) is 26.3 Å². The molecule has 2 amide bonds. The third-order valence-corrected chi connectivity index (χ3v) is 7.83. The van der Waals surface area contributed by atoms with Crippen molar-refractivity contribution in [1.29, 1.82) is 0 Å². The van der Waals surface area contributed by atoms with E-state index in [2.05, 4.69) is 11.8 Å². The number of nitrogens with two attached hydrogens (primary N) is 1. The standard InChI is InChI=1S/C19H25N3O6S2/c1-4-5-10-28-13-6-8-15(9-7-13)30(26,27)22-12-14(11-16(20)23)29-19(2,3)17(22)18(24)21-25/h6-9,14,17,25H,10-12H2,1-3H3,(H2,20,23)(H,21,24). The van der Waals surface area contributed by atoms with Gasteiger partial charge in [0.1, 0.15) is 18.4 Å². The van der Waals surface area contributed by atoms with Crippen LogP contribution in [0.1, 0.15) is 27.2 Å². The SMILES string of the molecule is CC#CCOc1ccc(S(=O)(=O)N2CC(CC(N)=O)SC(C)(C)C2C(=O)NO)cc1. The molecule has 1 aliphatic heterocycles. The predicted molar refractivity (Wildman–Crippen MR) is 112 cm³/mol. The molecule has 30 heavy (non-hydrogen) atoms. The predicted octanol–water partition coefficient (Wildman–Crippen LogP) is 0.723. The van der Waals surface area contributed by atoms with Crippen molar-refractivity contribution in [2.24, 2.45) is 5.73 Å². The molecule has 0 aromatic heterocycles. The molecule has 164 valence electrons. The van der Waals surface area contributed by atoms with Gasteiger partial charge >= 0.3 is 0 Å². The van der Waals surface area contributed by atoms with E-state index in [0.717, 1.165) is 4.31 Å². The molecule has 1 aromatic rings. The van der Waals surface area contributed by atoms with E-state index in [9.17, 15) is 23.2 Å². The Morgan fingerprint density at radius 1 is 1.37 bits per heavy atom. The van der Waals surface area contributed by atoms with E-state index in [1.165, 1.54) is 36.0 Å². The number of carbonyl (C=O) groups excluding carboxylic acids is 2. The second-order valence-electron chi connectivity index (χ2n) is 7.15. The van der Waals surface area contributed by atoms with Crippen molar-refractivity contribution in [2.75, 3.05) is 13.2 Å². The van der Waals surface area contributed by atoms with Gasteiger partial charge in [-0.15, -0.1) is 17.7 Å². The monoisotopic (exact) mass is 455 g/mol. The molecule has 0 bridgehead atoms. The summed E-state index contributed by atoms with van der Waals surface area (Å²) in [6.45, 7) is 5.11. The van der Waals surface area contributed by atoms with Crippen molar-refractivity contribution in [3.8, 4) is 17.6 Å². The highest BCUT2D eigenvalue weighted by molar-refractivity contribution is 8.01. The molecule has 9 nitrogen and oxygen atoms in total. The lowest BCUT2D eigenvalue weighted by Crippen LogP contribution is -2.63. The van der Waals surface area contributed by atoms with Crippen LogP contribution in [0.15, 0.2) is 29.2 Å². The van der Waals surface area contributed by atoms with Gasteiger partial charge in [-0.1, -0.05) is 5.92 Å². The minimum atomic E-state index is -4.14. The Labute approximate surface area is 180 Å². The average molecular weight is 456 g/mol. The highest BCUT2D eigenvalue weighted by Crippen LogP contribution is 2.43. The van der Waals surface area contributed by atoms with Crippen LogP contribution in [0.25, 0.3) is 0 Å².